The number of hydrogen-bond acceptors (Lipinski definition) is 6. The zero-order valence-electron chi connectivity index (χ0n) is 16.6. The quantitative estimate of drug-likeness (QED) is 0.578. The molecule has 0 aliphatic carbocycles. The van der Waals surface area contributed by atoms with Gasteiger partial charge in [-0.25, -0.2) is 0 Å². The summed E-state index contributed by atoms with van der Waals surface area (Å²) in [7, 11) is 1.41. The third-order valence-electron chi connectivity index (χ3n) is 4.65. The van der Waals surface area contributed by atoms with Gasteiger partial charge >= 0.3 is 0 Å². The van der Waals surface area contributed by atoms with Gasteiger partial charge in [0.25, 0.3) is 17.7 Å². The van der Waals surface area contributed by atoms with E-state index < -0.39 is 11.8 Å². The highest BCUT2D eigenvalue weighted by Crippen LogP contribution is 2.28. The van der Waals surface area contributed by atoms with Crippen molar-refractivity contribution in [3.05, 3.63) is 53.6 Å². The van der Waals surface area contributed by atoms with Crippen molar-refractivity contribution in [2.24, 2.45) is 5.73 Å². The van der Waals surface area contributed by atoms with Crippen molar-refractivity contribution in [2.45, 2.75) is 12.8 Å². The Morgan fingerprint density at radius 2 is 1.90 bits per heavy atom. The third kappa shape index (κ3) is 5.19. The van der Waals surface area contributed by atoms with Crippen LogP contribution in [-0.4, -0.2) is 44.5 Å². The first-order valence-corrected chi connectivity index (χ1v) is 9.49. The highest BCUT2D eigenvalue weighted by Gasteiger charge is 2.19. The Morgan fingerprint density at radius 1 is 1.10 bits per heavy atom. The standard InChI is InChI=1S/C21H24N4O5/c1-29-18-11-15(8-9-17(18)30-13-19(22)26)21(28)24-23-20(27)12-25-10-4-6-14-5-2-3-7-16(14)25/h2-3,5,7-9,11H,4,6,10,12-13H2,1H3,(H2,22,26)(H,23,27)(H,24,28). The molecular weight excluding hydrogens is 388 g/mol. The molecule has 3 rings (SSSR count). The molecule has 0 radical (unpaired) electrons. The van der Waals surface area contributed by atoms with Gasteiger partial charge < -0.3 is 20.1 Å². The number of amides is 3. The number of fused-ring (bicyclic) bond motifs is 1. The molecule has 0 saturated heterocycles. The zero-order valence-corrected chi connectivity index (χ0v) is 16.6. The van der Waals surface area contributed by atoms with Crippen LogP contribution in [0.2, 0.25) is 0 Å². The van der Waals surface area contributed by atoms with Crippen molar-refractivity contribution < 1.29 is 23.9 Å². The molecule has 3 amide bonds. The maximum Gasteiger partial charge on any atom is 0.269 e. The van der Waals surface area contributed by atoms with Gasteiger partial charge in [-0.3, -0.25) is 25.2 Å². The third-order valence-corrected chi connectivity index (χ3v) is 4.65. The van der Waals surface area contributed by atoms with E-state index in [2.05, 4.69) is 16.9 Å². The lowest BCUT2D eigenvalue weighted by atomic mass is 10.0. The van der Waals surface area contributed by atoms with Gasteiger partial charge in [-0.05, 0) is 42.7 Å². The van der Waals surface area contributed by atoms with Gasteiger partial charge in [-0.2, -0.15) is 0 Å². The number of para-hydroxylation sites is 1. The van der Waals surface area contributed by atoms with Crippen LogP contribution >= 0.6 is 0 Å². The molecule has 0 atom stereocenters. The van der Waals surface area contributed by atoms with Gasteiger partial charge in [0.15, 0.2) is 18.1 Å². The number of hydrazine groups is 1. The lowest BCUT2D eigenvalue weighted by Gasteiger charge is -2.30. The van der Waals surface area contributed by atoms with E-state index in [0.29, 0.717) is 0 Å². The Bertz CT molecular complexity index is 947. The molecule has 1 aliphatic rings. The Hall–Kier alpha value is -3.75. The lowest BCUT2D eigenvalue weighted by Crippen LogP contribution is -2.47. The molecule has 4 N–H and O–H groups in total. The fourth-order valence-electron chi connectivity index (χ4n) is 3.26. The lowest BCUT2D eigenvalue weighted by molar-refractivity contribution is -0.121. The van der Waals surface area contributed by atoms with Crippen LogP contribution in [0.3, 0.4) is 0 Å². The highest BCUT2D eigenvalue weighted by molar-refractivity contribution is 5.96. The van der Waals surface area contributed by atoms with Crippen molar-refractivity contribution in [3.63, 3.8) is 0 Å². The van der Waals surface area contributed by atoms with Crippen molar-refractivity contribution >= 4 is 23.4 Å². The number of anilines is 1. The van der Waals surface area contributed by atoms with Crippen LogP contribution in [0.5, 0.6) is 11.5 Å². The predicted molar refractivity (Wildman–Crippen MR) is 110 cm³/mol. The molecule has 1 aliphatic heterocycles. The number of ether oxygens (including phenoxy) is 2. The normalized spacial score (nSPS) is 12.5. The molecule has 2 aromatic rings. The number of nitrogens with two attached hydrogens (primary N) is 1. The number of carbonyl (C=O) groups excluding carboxylic acids is 3. The van der Waals surface area contributed by atoms with E-state index in [1.807, 2.05) is 23.1 Å². The summed E-state index contributed by atoms with van der Waals surface area (Å²) in [6.45, 7) is 0.612. The first kappa shape index (κ1) is 21.0. The summed E-state index contributed by atoms with van der Waals surface area (Å²) in [5.41, 5.74) is 12.4. The van der Waals surface area contributed by atoms with Crippen molar-refractivity contribution in [2.75, 3.05) is 31.7 Å². The predicted octanol–water partition coefficient (Wildman–Crippen LogP) is 0.773. The van der Waals surface area contributed by atoms with Crippen LogP contribution in [0, 0.1) is 0 Å². The summed E-state index contributed by atoms with van der Waals surface area (Å²) in [5, 5.41) is 0. The maximum absolute atomic E-state index is 12.4. The van der Waals surface area contributed by atoms with Crippen molar-refractivity contribution in [3.8, 4) is 11.5 Å². The highest BCUT2D eigenvalue weighted by atomic mass is 16.5. The van der Waals surface area contributed by atoms with Gasteiger partial charge in [0, 0.05) is 17.8 Å². The molecule has 0 aromatic heterocycles. The summed E-state index contributed by atoms with van der Waals surface area (Å²) in [6.07, 6.45) is 1.96. The maximum atomic E-state index is 12.4. The zero-order chi connectivity index (χ0) is 21.5. The monoisotopic (exact) mass is 412 g/mol. The summed E-state index contributed by atoms with van der Waals surface area (Å²) in [5.74, 6) is -0.922. The fraction of sp³-hybridized carbons (Fsp3) is 0.286. The summed E-state index contributed by atoms with van der Waals surface area (Å²) in [4.78, 5) is 37.6. The van der Waals surface area contributed by atoms with Gasteiger partial charge in [0.05, 0.1) is 13.7 Å². The number of nitrogens with one attached hydrogen (secondary N) is 2. The molecule has 0 saturated carbocycles. The van der Waals surface area contributed by atoms with E-state index in [9.17, 15) is 14.4 Å². The SMILES string of the molecule is COc1cc(C(=O)NNC(=O)CN2CCCc3ccccc32)ccc1OCC(N)=O. The molecule has 2 aromatic carbocycles. The molecule has 0 unspecified atom stereocenters. The first-order chi connectivity index (χ1) is 14.5. The molecule has 0 fully saturated rings. The summed E-state index contributed by atoms with van der Waals surface area (Å²) >= 11 is 0. The minimum Gasteiger partial charge on any atom is -0.493 e. The minimum absolute atomic E-state index is 0.139. The number of primary amides is 1. The second kappa shape index (κ2) is 9.64. The minimum atomic E-state index is -0.627. The van der Waals surface area contributed by atoms with Gasteiger partial charge in [0.1, 0.15) is 0 Å². The number of carbonyl (C=O) groups is 3. The van der Waals surface area contributed by atoms with Crippen molar-refractivity contribution in [1.82, 2.24) is 10.9 Å². The van der Waals surface area contributed by atoms with Gasteiger partial charge in [-0.15, -0.1) is 0 Å². The number of nitrogens with zero attached hydrogens (tertiary/aromatic N) is 1. The Morgan fingerprint density at radius 3 is 2.67 bits per heavy atom. The number of rotatable bonds is 7. The topological polar surface area (TPSA) is 123 Å². The fourth-order valence-corrected chi connectivity index (χ4v) is 3.26. The Kier molecular flexibility index (Phi) is 6.74. The van der Waals surface area contributed by atoms with E-state index in [4.69, 9.17) is 15.2 Å². The molecule has 30 heavy (non-hydrogen) atoms. The molecule has 0 bridgehead atoms. The number of aryl methyl sites for hydroxylation is 1. The number of methoxy groups -OCH3 is 1. The van der Waals surface area contributed by atoms with Crippen LogP contribution in [0.4, 0.5) is 5.69 Å². The average Bonchev–Trinajstić information content (AvgIpc) is 2.76. The smallest absolute Gasteiger partial charge is 0.269 e. The molecule has 158 valence electrons. The van der Waals surface area contributed by atoms with E-state index in [1.54, 1.807) is 0 Å². The largest absolute Gasteiger partial charge is 0.493 e. The van der Waals surface area contributed by atoms with Crippen LogP contribution in [0.25, 0.3) is 0 Å². The average molecular weight is 412 g/mol. The Labute approximate surface area is 174 Å². The number of hydrogen-bond donors (Lipinski definition) is 3. The Balaban J connectivity index is 1.56. The van der Waals surface area contributed by atoms with Gasteiger partial charge in [-0.1, -0.05) is 18.2 Å². The van der Waals surface area contributed by atoms with Crippen LogP contribution in [0.1, 0.15) is 22.3 Å². The van der Waals surface area contributed by atoms with E-state index >= 15 is 0 Å². The molecular formula is C21H24N4O5. The van der Waals surface area contributed by atoms with Crippen LogP contribution in [-0.2, 0) is 16.0 Å². The molecule has 1 heterocycles. The second-order valence-corrected chi connectivity index (χ2v) is 6.78. The molecule has 9 nitrogen and oxygen atoms in total. The van der Waals surface area contributed by atoms with E-state index in [0.717, 1.165) is 25.1 Å². The van der Waals surface area contributed by atoms with Crippen LogP contribution in [0.15, 0.2) is 42.5 Å². The van der Waals surface area contributed by atoms with Gasteiger partial charge in [0.2, 0.25) is 0 Å². The number of benzene rings is 2. The van der Waals surface area contributed by atoms with E-state index in [1.165, 1.54) is 30.9 Å². The first-order valence-electron chi connectivity index (χ1n) is 9.49. The molecule has 0 spiro atoms. The molecule has 9 heteroatoms. The second-order valence-electron chi connectivity index (χ2n) is 6.78. The summed E-state index contributed by atoms with van der Waals surface area (Å²) < 4.78 is 10.4. The summed E-state index contributed by atoms with van der Waals surface area (Å²) in [6, 6.07) is 12.4. The van der Waals surface area contributed by atoms with Crippen LogP contribution < -0.4 is 31.0 Å². The van der Waals surface area contributed by atoms with Crippen molar-refractivity contribution in [1.29, 1.82) is 0 Å². The van der Waals surface area contributed by atoms with E-state index in [-0.39, 0.29) is 36.1 Å².